The molecule has 1 fully saturated rings. The number of nitrogens with one attached hydrogen (secondary N) is 2. The Morgan fingerprint density at radius 3 is 2.21 bits per heavy atom. The predicted octanol–water partition coefficient (Wildman–Crippen LogP) is 4.46. The highest BCUT2D eigenvalue weighted by Crippen LogP contribution is 2.35. The molecule has 1 aromatic rings. The molecule has 190 valence electrons. The van der Waals surface area contributed by atoms with Crippen LogP contribution in [0.5, 0.6) is 0 Å². The van der Waals surface area contributed by atoms with E-state index >= 15 is 0 Å². The summed E-state index contributed by atoms with van der Waals surface area (Å²) in [4.78, 5) is 41.7. The smallest absolute Gasteiger partial charge is 0.408 e. The first-order valence-corrected chi connectivity index (χ1v) is 12.6. The second-order valence-corrected chi connectivity index (χ2v) is 11.6. The standard InChI is InChI=1S/C26H41N3O4S/c1-16-12-13-17(2)19(14-16)21(22(30)28-25(3,4)5)29(18-10-9-11-18)23(31)20(15-34)27-24(32)33-26(6,7)8/h12-14,18,20-21,34H,9-11,15H2,1-8H3,(H,27,32)(H,28,30). The largest absolute Gasteiger partial charge is 0.444 e. The van der Waals surface area contributed by atoms with Gasteiger partial charge in [0.05, 0.1) is 0 Å². The summed E-state index contributed by atoms with van der Waals surface area (Å²) in [7, 11) is 0. The van der Waals surface area contributed by atoms with Gasteiger partial charge in [0.15, 0.2) is 0 Å². The SMILES string of the molecule is Cc1ccc(C)c(C(C(=O)NC(C)(C)C)N(C(=O)C(CS)NC(=O)OC(C)(C)C)C2CCC2)c1. The fourth-order valence-electron chi connectivity index (χ4n) is 3.91. The molecule has 0 heterocycles. The van der Waals surface area contributed by atoms with E-state index in [9.17, 15) is 14.4 Å². The van der Waals surface area contributed by atoms with Crippen molar-refractivity contribution in [3.8, 4) is 0 Å². The van der Waals surface area contributed by atoms with Gasteiger partial charge in [0.2, 0.25) is 11.8 Å². The van der Waals surface area contributed by atoms with Gasteiger partial charge in [-0.05, 0) is 85.8 Å². The van der Waals surface area contributed by atoms with Gasteiger partial charge in [0.1, 0.15) is 17.7 Å². The van der Waals surface area contributed by atoms with Crippen LogP contribution in [0.2, 0.25) is 0 Å². The van der Waals surface area contributed by atoms with Gasteiger partial charge in [-0.25, -0.2) is 4.79 Å². The van der Waals surface area contributed by atoms with Crippen molar-refractivity contribution in [1.29, 1.82) is 0 Å². The van der Waals surface area contributed by atoms with Gasteiger partial charge in [-0.3, -0.25) is 9.59 Å². The monoisotopic (exact) mass is 491 g/mol. The number of amides is 3. The molecule has 34 heavy (non-hydrogen) atoms. The van der Waals surface area contributed by atoms with Crippen LogP contribution in [0.15, 0.2) is 18.2 Å². The van der Waals surface area contributed by atoms with Crippen molar-refractivity contribution in [3.05, 3.63) is 34.9 Å². The topological polar surface area (TPSA) is 87.7 Å². The fraction of sp³-hybridized carbons (Fsp3) is 0.654. The van der Waals surface area contributed by atoms with Crippen molar-refractivity contribution >= 4 is 30.5 Å². The third kappa shape index (κ3) is 7.65. The van der Waals surface area contributed by atoms with Crippen LogP contribution < -0.4 is 10.6 Å². The van der Waals surface area contributed by atoms with Crippen molar-refractivity contribution < 1.29 is 19.1 Å². The fourth-order valence-corrected chi connectivity index (χ4v) is 4.16. The lowest BCUT2D eigenvalue weighted by Crippen LogP contribution is -2.59. The van der Waals surface area contributed by atoms with Gasteiger partial charge in [-0.15, -0.1) is 0 Å². The lowest BCUT2D eigenvalue weighted by atomic mass is 9.87. The average Bonchev–Trinajstić information content (AvgIpc) is 2.63. The Balaban J connectivity index is 2.50. The number of alkyl carbamates (subject to hydrolysis) is 1. The number of benzene rings is 1. The van der Waals surface area contributed by atoms with E-state index in [4.69, 9.17) is 4.74 Å². The highest BCUT2D eigenvalue weighted by atomic mass is 32.1. The minimum absolute atomic E-state index is 0.0850. The maximum Gasteiger partial charge on any atom is 0.408 e. The summed E-state index contributed by atoms with van der Waals surface area (Å²) in [6.07, 6.45) is 1.92. The number of hydrogen-bond donors (Lipinski definition) is 3. The lowest BCUT2D eigenvalue weighted by molar-refractivity contribution is -0.147. The van der Waals surface area contributed by atoms with E-state index < -0.39 is 29.3 Å². The zero-order valence-corrected chi connectivity index (χ0v) is 22.7. The highest BCUT2D eigenvalue weighted by Gasteiger charge is 2.42. The lowest BCUT2D eigenvalue weighted by Gasteiger charge is -2.44. The number of carbonyl (C=O) groups excluding carboxylic acids is 3. The summed E-state index contributed by atoms with van der Waals surface area (Å²) in [5.74, 6) is -0.487. The van der Waals surface area contributed by atoms with Crippen LogP contribution in [-0.4, -0.2) is 51.8 Å². The van der Waals surface area contributed by atoms with Gasteiger partial charge < -0.3 is 20.3 Å². The number of nitrogens with zero attached hydrogens (tertiary/aromatic N) is 1. The molecule has 0 aromatic heterocycles. The molecule has 2 rings (SSSR count). The van der Waals surface area contributed by atoms with Crippen LogP contribution >= 0.6 is 12.6 Å². The van der Waals surface area contributed by atoms with Gasteiger partial charge >= 0.3 is 6.09 Å². The molecule has 7 nitrogen and oxygen atoms in total. The summed E-state index contributed by atoms with van der Waals surface area (Å²) in [6, 6.07) is 4.10. The van der Waals surface area contributed by atoms with E-state index in [1.165, 1.54) is 0 Å². The maximum atomic E-state index is 13.9. The number of hydrogen-bond acceptors (Lipinski definition) is 5. The van der Waals surface area contributed by atoms with Gasteiger partial charge in [0, 0.05) is 17.3 Å². The van der Waals surface area contributed by atoms with E-state index in [0.29, 0.717) is 0 Å². The molecule has 2 unspecified atom stereocenters. The first-order valence-electron chi connectivity index (χ1n) is 11.9. The third-order valence-corrected chi connectivity index (χ3v) is 6.01. The maximum absolute atomic E-state index is 13.9. The average molecular weight is 492 g/mol. The van der Waals surface area contributed by atoms with E-state index in [2.05, 4.69) is 23.3 Å². The zero-order valence-electron chi connectivity index (χ0n) is 21.8. The highest BCUT2D eigenvalue weighted by molar-refractivity contribution is 7.80. The summed E-state index contributed by atoms with van der Waals surface area (Å²) < 4.78 is 5.36. The Kier molecular flexibility index (Phi) is 9.08. The van der Waals surface area contributed by atoms with Gasteiger partial charge in [-0.2, -0.15) is 12.6 Å². The number of aryl methyl sites for hydroxylation is 2. The first-order chi connectivity index (χ1) is 15.6. The molecule has 1 aromatic carbocycles. The molecule has 0 aliphatic heterocycles. The molecule has 1 saturated carbocycles. The Labute approximate surface area is 209 Å². The quantitative estimate of drug-likeness (QED) is 0.491. The summed E-state index contributed by atoms with van der Waals surface area (Å²) in [6.45, 7) is 15.0. The van der Waals surface area contributed by atoms with Crippen molar-refractivity contribution in [2.45, 2.75) is 104 Å². The minimum Gasteiger partial charge on any atom is -0.444 e. The summed E-state index contributed by atoms with van der Waals surface area (Å²) >= 11 is 4.35. The van der Waals surface area contributed by atoms with Gasteiger partial charge in [-0.1, -0.05) is 23.8 Å². The number of thiol groups is 1. The second-order valence-electron chi connectivity index (χ2n) is 11.2. The molecule has 8 heteroatoms. The summed E-state index contributed by atoms with van der Waals surface area (Å²) in [5.41, 5.74) is 1.55. The van der Waals surface area contributed by atoms with Crippen LogP contribution in [0.25, 0.3) is 0 Å². The Hall–Kier alpha value is -2.22. The number of ether oxygens (including phenoxy) is 1. The van der Waals surface area contributed by atoms with Crippen LogP contribution in [0.1, 0.15) is 83.5 Å². The Morgan fingerprint density at radius 2 is 1.74 bits per heavy atom. The van der Waals surface area contributed by atoms with Crippen LogP contribution in [0, 0.1) is 13.8 Å². The van der Waals surface area contributed by atoms with E-state index in [0.717, 1.165) is 36.0 Å². The van der Waals surface area contributed by atoms with Crippen molar-refractivity contribution in [2.75, 3.05) is 5.75 Å². The predicted molar refractivity (Wildman–Crippen MR) is 138 cm³/mol. The van der Waals surface area contributed by atoms with Crippen molar-refractivity contribution in [2.24, 2.45) is 0 Å². The van der Waals surface area contributed by atoms with Crippen molar-refractivity contribution in [1.82, 2.24) is 15.5 Å². The zero-order chi connectivity index (χ0) is 25.8. The molecule has 2 atom stereocenters. The molecule has 0 saturated heterocycles. The van der Waals surface area contributed by atoms with Crippen LogP contribution in [0.4, 0.5) is 4.79 Å². The molecular weight excluding hydrogens is 450 g/mol. The van der Waals surface area contributed by atoms with E-state index in [1.807, 2.05) is 52.8 Å². The Bertz CT molecular complexity index is 900. The molecular formula is C26H41N3O4S. The van der Waals surface area contributed by atoms with Gasteiger partial charge in [0.25, 0.3) is 0 Å². The molecule has 0 spiro atoms. The molecule has 0 radical (unpaired) electrons. The van der Waals surface area contributed by atoms with E-state index in [1.54, 1.807) is 25.7 Å². The minimum atomic E-state index is -0.922. The summed E-state index contributed by atoms with van der Waals surface area (Å²) in [5, 5.41) is 5.73. The second kappa shape index (κ2) is 11.0. The Morgan fingerprint density at radius 1 is 1.12 bits per heavy atom. The first kappa shape index (κ1) is 28.0. The molecule has 1 aliphatic carbocycles. The molecule has 1 aliphatic rings. The van der Waals surface area contributed by atoms with Crippen molar-refractivity contribution in [3.63, 3.8) is 0 Å². The van der Waals surface area contributed by atoms with Crippen LogP contribution in [-0.2, 0) is 14.3 Å². The molecule has 3 amide bonds. The number of rotatable bonds is 7. The van der Waals surface area contributed by atoms with Crippen LogP contribution in [0.3, 0.4) is 0 Å². The number of carbonyl (C=O) groups is 3. The normalized spacial score (nSPS) is 16.1. The molecule has 0 bridgehead atoms. The van der Waals surface area contributed by atoms with E-state index in [-0.39, 0.29) is 23.6 Å². The third-order valence-electron chi connectivity index (χ3n) is 5.65. The molecule has 2 N–H and O–H groups in total.